The highest BCUT2D eigenvalue weighted by atomic mass is 32.2. The van der Waals surface area contributed by atoms with E-state index in [-0.39, 0.29) is 0 Å². The molecule has 2 aromatic carbocycles. The van der Waals surface area contributed by atoms with Gasteiger partial charge >= 0.3 is 0 Å². The van der Waals surface area contributed by atoms with E-state index in [1.165, 1.54) is 10.6 Å². The van der Waals surface area contributed by atoms with Crippen LogP contribution in [0.25, 0.3) is 22.0 Å². The highest BCUT2D eigenvalue weighted by molar-refractivity contribution is 7.88. The Morgan fingerprint density at radius 3 is 2.33 bits per heavy atom. The van der Waals surface area contributed by atoms with Gasteiger partial charge in [0.2, 0.25) is 10.0 Å². The summed E-state index contributed by atoms with van der Waals surface area (Å²) in [6, 6.07) is 15.9. The van der Waals surface area contributed by atoms with Crippen LogP contribution in [0.2, 0.25) is 0 Å². The maximum Gasteiger partial charge on any atom is 0.211 e. The molecule has 8 heteroatoms. The van der Waals surface area contributed by atoms with Crippen LogP contribution >= 0.6 is 0 Å². The molecule has 0 atom stereocenters. The molecule has 1 fully saturated rings. The number of para-hydroxylation sites is 1. The van der Waals surface area contributed by atoms with Gasteiger partial charge in [0.05, 0.1) is 26.0 Å². The van der Waals surface area contributed by atoms with Crippen molar-refractivity contribution in [3.05, 3.63) is 48.5 Å². The maximum absolute atomic E-state index is 11.8. The molecule has 0 N–H and O–H groups in total. The number of nitrogens with zero attached hydrogens (tertiary/aromatic N) is 3. The maximum atomic E-state index is 11.8. The van der Waals surface area contributed by atoms with Gasteiger partial charge in [0, 0.05) is 48.8 Å². The molecule has 4 rings (SSSR count). The lowest BCUT2D eigenvalue weighted by atomic mass is 10.0. The van der Waals surface area contributed by atoms with Gasteiger partial charge in [-0.3, -0.25) is 0 Å². The van der Waals surface area contributed by atoms with Crippen LogP contribution < -0.4 is 14.4 Å². The summed E-state index contributed by atoms with van der Waals surface area (Å²) < 4.78 is 36.0. The van der Waals surface area contributed by atoms with E-state index < -0.39 is 10.0 Å². The number of hydrogen-bond donors (Lipinski definition) is 0. The second kappa shape index (κ2) is 8.12. The Hall–Kier alpha value is -2.84. The molecule has 30 heavy (non-hydrogen) atoms. The molecule has 0 spiro atoms. The van der Waals surface area contributed by atoms with E-state index in [9.17, 15) is 8.42 Å². The standard InChI is InChI=1S/C22H25N3O4S/c1-28-17-8-9-18(20(15-17)29-2)19-6-4-5-16-7-10-21(23-22(16)19)24-11-13-25(14-12-24)30(3,26)27/h4-10,15H,11-14H2,1-3H3. The third-order valence-electron chi connectivity index (χ3n) is 5.44. The largest absolute Gasteiger partial charge is 0.497 e. The van der Waals surface area contributed by atoms with E-state index in [1.54, 1.807) is 14.2 Å². The van der Waals surface area contributed by atoms with Crippen molar-refractivity contribution in [3.8, 4) is 22.6 Å². The smallest absolute Gasteiger partial charge is 0.211 e. The molecule has 1 saturated heterocycles. The second-order valence-electron chi connectivity index (χ2n) is 7.26. The molecule has 0 saturated carbocycles. The first-order chi connectivity index (χ1) is 14.4. The van der Waals surface area contributed by atoms with Crippen molar-refractivity contribution in [1.82, 2.24) is 9.29 Å². The number of fused-ring (bicyclic) bond motifs is 1. The minimum absolute atomic E-state index is 0.465. The number of anilines is 1. The zero-order valence-corrected chi connectivity index (χ0v) is 18.1. The summed E-state index contributed by atoms with van der Waals surface area (Å²) in [6.07, 6.45) is 1.26. The van der Waals surface area contributed by atoms with E-state index in [0.717, 1.165) is 39.3 Å². The van der Waals surface area contributed by atoms with E-state index in [2.05, 4.69) is 11.0 Å². The number of rotatable bonds is 5. The minimum Gasteiger partial charge on any atom is -0.497 e. The molecule has 0 unspecified atom stereocenters. The minimum atomic E-state index is -3.16. The van der Waals surface area contributed by atoms with Gasteiger partial charge in [0.25, 0.3) is 0 Å². The Bertz CT molecular complexity index is 1170. The molecule has 0 amide bonds. The van der Waals surface area contributed by atoms with E-state index in [4.69, 9.17) is 14.5 Å². The zero-order valence-electron chi connectivity index (χ0n) is 17.3. The topological polar surface area (TPSA) is 72.0 Å². The fourth-order valence-corrected chi connectivity index (χ4v) is 4.63. The van der Waals surface area contributed by atoms with Crippen LogP contribution in [0.4, 0.5) is 5.82 Å². The fourth-order valence-electron chi connectivity index (χ4n) is 3.80. The summed E-state index contributed by atoms with van der Waals surface area (Å²) in [5.41, 5.74) is 2.79. The van der Waals surface area contributed by atoms with Gasteiger partial charge in [-0.2, -0.15) is 4.31 Å². The van der Waals surface area contributed by atoms with Crippen molar-refractivity contribution < 1.29 is 17.9 Å². The summed E-state index contributed by atoms with van der Waals surface area (Å²) in [4.78, 5) is 7.08. The summed E-state index contributed by atoms with van der Waals surface area (Å²) in [5.74, 6) is 2.29. The second-order valence-corrected chi connectivity index (χ2v) is 9.24. The van der Waals surface area contributed by atoms with Crippen molar-refractivity contribution in [3.63, 3.8) is 0 Å². The molecule has 3 aromatic rings. The highest BCUT2D eigenvalue weighted by Crippen LogP contribution is 2.37. The molecule has 1 aliphatic heterocycles. The molecule has 158 valence electrons. The molecular weight excluding hydrogens is 402 g/mol. The summed E-state index contributed by atoms with van der Waals surface area (Å²) in [7, 11) is 0.111. The van der Waals surface area contributed by atoms with Crippen LogP contribution in [0.1, 0.15) is 0 Å². The Morgan fingerprint density at radius 2 is 1.67 bits per heavy atom. The third-order valence-corrected chi connectivity index (χ3v) is 6.74. The first-order valence-corrected chi connectivity index (χ1v) is 11.6. The fraction of sp³-hybridized carbons (Fsp3) is 0.318. The number of hydrogen-bond acceptors (Lipinski definition) is 6. The van der Waals surface area contributed by atoms with Gasteiger partial charge < -0.3 is 14.4 Å². The molecular formula is C22H25N3O4S. The third kappa shape index (κ3) is 3.93. The van der Waals surface area contributed by atoms with Crippen molar-refractivity contribution in [2.75, 3.05) is 51.6 Å². The molecule has 0 aliphatic carbocycles. The number of piperazine rings is 1. The first-order valence-electron chi connectivity index (χ1n) is 9.73. The zero-order chi connectivity index (χ0) is 21.3. The number of aromatic nitrogens is 1. The Morgan fingerprint density at radius 1 is 0.900 bits per heavy atom. The summed E-state index contributed by atoms with van der Waals surface area (Å²) in [5, 5.41) is 1.03. The first kappa shape index (κ1) is 20.4. The summed E-state index contributed by atoms with van der Waals surface area (Å²) in [6.45, 7) is 2.15. The van der Waals surface area contributed by atoms with Crippen LogP contribution in [0.3, 0.4) is 0 Å². The molecule has 2 heterocycles. The SMILES string of the molecule is COc1ccc(-c2cccc3ccc(N4CCN(S(C)(=O)=O)CC4)nc23)c(OC)c1. The molecule has 0 radical (unpaired) electrons. The van der Waals surface area contributed by atoms with E-state index >= 15 is 0 Å². The Balaban J connectivity index is 1.72. The molecule has 7 nitrogen and oxygen atoms in total. The number of methoxy groups -OCH3 is 2. The van der Waals surface area contributed by atoms with E-state index in [1.807, 2.05) is 42.5 Å². The normalized spacial score (nSPS) is 15.4. The van der Waals surface area contributed by atoms with Crippen LogP contribution in [-0.2, 0) is 10.0 Å². The van der Waals surface area contributed by atoms with Gasteiger partial charge in [-0.05, 0) is 24.3 Å². The van der Waals surface area contributed by atoms with Gasteiger partial charge in [-0.15, -0.1) is 0 Å². The molecule has 1 aliphatic rings. The van der Waals surface area contributed by atoms with Crippen molar-refractivity contribution in [2.24, 2.45) is 0 Å². The number of ether oxygens (including phenoxy) is 2. The van der Waals surface area contributed by atoms with Crippen LogP contribution in [0.15, 0.2) is 48.5 Å². The lowest BCUT2D eigenvalue weighted by Gasteiger charge is -2.34. The van der Waals surface area contributed by atoms with Crippen molar-refractivity contribution in [1.29, 1.82) is 0 Å². The number of sulfonamides is 1. The molecule has 1 aromatic heterocycles. The van der Waals surface area contributed by atoms with Gasteiger partial charge in [-0.1, -0.05) is 18.2 Å². The number of pyridine rings is 1. The molecule has 0 bridgehead atoms. The quantitative estimate of drug-likeness (QED) is 0.623. The van der Waals surface area contributed by atoms with Crippen LogP contribution in [0.5, 0.6) is 11.5 Å². The van der Waals surface area contributed by atoms with E-state index in [0.29, 0.717) is 26.2 Å². The predicted octanol–water partition coefficient (Wildman–Crippen LogP) is 3.00. The predicted molar refractivity (Wildman–Crippen MR) is 119 cm³/mol. The van der Waals surface area contributed by atoms with Crippen molar-refractivity contribution in [2.45, 2.75) is 0 Å². The average molecular weight is 428 g/mol. The van der Waals surface area contributed by atoms with Crippen LogP contribution in [0, 0.1) is 0 Å². The van der Waals surface area contributed by atoms with Gasteiger partial charge in [-0.25, -0.2) is 13.4 Å². The number of benzene rings is 2. The average Bonchev–Trinajstić information content (AvgIpc) is 2.77. The lowest BCUT2D eigenvalue weighted by molar-refractivity contribution is 0.387. The van der Waals surface area contributed by atoms with Gasteiger partial charge in [0.15, 0.2) is 0 Å². The summed E-state index contributed by atoms with van der Waals surface area (Å²) >= 11 is 0. The monoisotopic (exact) mass is 427 g/mol. The Labute approximate surface area is 176 Å². The Kier molecular flexibility index (Phi) is 5.53. The highest BCUT2D eigenvalue weighted by Gasteiger charge is 2.24. The van der Waals surface area contributed by atoms with Crippen LogP contribution in [-0.4, -0.2) is 64.4 Å². The van der Waals surface area contributed by atoms with Gasteiger partial charge in [0.1, 0.15) is 17.3 Å². The van der Waals surface area contributed by atoms with Crippen molar-refractivity contribution >= 4 is 26.7 Å². The lowest BCUT2D eigenvalue weighted by Crippen LogP contribution is -2.48.